The van der Waals surface area contributed by atoms with Crippen molar-refractivity contribution in [2.45, 2.75) is 51.7 Å². The molecule has 0 aliphatic carbocycles. The van der Waals surface area contributed by atoms with Gasteiger partial charge in [0.15, 0.2) is 0 Å². The van der Waals surface area contributed by atoms with E-state index in [4.69, 9.17) is 15.3 Å². The van der Waals surface area contributed by atoms with Crippen LogP contribution in [-0.4, -0.2) is 20.1 Å². The van der Waals surface area contributed by atoms with Gasteiger partial charge in [-0.1, -0.05) is 32.9 Å². The molecule has 0 amide bonds. The van der Waals surface area contributed by atoms with Crippen LogP contribution in [0.25, 0.3) is 0 Å². The van der Waals surface area contributed by atoms with E-state index in [1.165, 1.54) is 0 Å². The zero-order valence-electron chi connectivity index (χ0n) is 13.3. The van der Waals surface area contributed by atoms with Crippen molar-refractivity contribution in [3.05, 3.63) is 29.3 Å². The number of hydrogen-bond acceptors (Lipinski definition) is 3. The molecule has 1 rings (SSSR count). The fourth-order valence-corrected chi connectivity index (χ4v) is 2.67. The van der Waals surface area contributed by atoms with Crippen LogP contribution in [-0.2, 0) is 10.2 Å². The van der Waals surface area contributed by atoms with E-state index < -0.39 is 21.1 Å². The van der Waals surface area contributed by atoms with Crippen LogP contribution in [0.4, 0.5) is 0 Å². The number of nitrogens with two attached hydrogens (primary N) is 1. The van der Waals surface area contributed by atoms with E-state index in [1.54, 1.807) is 0 Å². The van der Waals surface area contributed by atoms with Crippen LogP contribution in [0.3, 0.4) is 0 Å². The highest BCUT2D eigenvalue weighted by molar-refractivity contribution is 6.49. The molecule has 4 nitrogen and oxygen atoms in total. The first-order chi connectivity index (χ1) is 9.11. The van der Waals surface area contributed by atoms with E-state index in [-0.39, 0.29) is 24.2 Å². The Morgan fingerprint density at radius 1 is 1.38 bits per heavy atom. The van der Waals surface area contributed by atoms with E-state index >= 15 is 0 Å². The molecular weight excluding hydrogens is 306 g/mol. The van der Waals surface area contributed by atoms with Gasteiger partial charge in [-0.3, -0.25) is 4.79 Å². The summed E-state index contributed by atoms with van der Waals surface area (Å²) in [6.07, 6.45) is -0.0924. The predicted molar refractivity (Wildman–Crippen MR) is 91.1 cm³/mol. The molecular formula is C15H26ClNO3Si. The van der Waals surface area contributed by atoms with Crippen LogP contribution in [0, 0.1) is 0 Å². The van der Waals surface area contributed by atoms with E-state index in [0.29, 0.717) is 0 Å². The van der Waals surface area contributed by atoms with Crippen molar-refractivity contribution in [3.63, 3.8) is 0 Å². The average molecular weight is 332 g/mol. The summed E-state index contributed by atoms with van der Waals surface area (Å²) in [7, 11) is -1.28. The van der Waals surface area contributed by atoms with Crippen LogP contribution >= 0.6 is 12.4 Å². The van der Waals surface area contributed by atoms with Crippen molar-refractivity contribution in [2.75, 3.05) is 0 Å². The van der Waals surface area contributed by atoms with Crippen molar-refractivity contribution in [1.82, 2.24) is 0 Å². The Kier molecular flexibility index (Phi) is 7.43. The van der Waals surface area contributed by atoms with Gasteiger partial charge in [-0.15, -0.1) is 12.4 Å². The Morgan fingerprint density at radius 3 is 2.38 bits per heavy atom. The second kappa shape index (κ2) is 7.82. The third-order valence-corrected chi connectivity index (χ3v) is 3.76. The van der Waals surface area contributed by atoms with Crippen molar-refractivity contribution in [3.8, 4) is 5.75 Å². The summed E-state index contributed by atoms with van der Waals surface area (Å²) >= 11 is 0. The van der Waals surface area contributed by atoms with Gasteiger partial charge in [-0.25, -0.2) is 0 Å². The molecule has 1 atom stereocenters. The van der Waals surface area contributed by atoms with E-state index in [9.17, 15) is 4.79 Å². The van der Waals surface area contributed by atoms with Gasteiger partial charge in [0.2, 0.25) is 9.04 Å². The highest BCUT2D eigenvalue weighted by Crippen LogP contribution is 2.32. The maximum absolute atomic E-state index is 10.8. The van der Waals surface area contributed by atoms with Crippen LogP contribution < -0.4 is 10.2 Å². The zero-order valence-corrected chi connectivity index (χ0v) is 15.3. The molecule has 0 aliphatic rings. The van der Waals surface area contributed by atoms with Gasteiger partial charge < -0.3 is 15.3 Å². The molecule has 3 N–H and O–H groups in total. The van der Waals surface area contributed by atoms with Gasteiger partial charge in [0.1, 0.15) is 5.75 Å². The minimum atomic E-state index is -1.28. The molecule has 0 spiro atoms. The van der Waals surface area contributed by atoms with Gasteiger partial charge in [-0.2, -0.15) is 0 Å². The highest BCUT2D eigenvalue weighted by Gasteiger charge is 2.20. The fraction of sp³-hybridized carbons (Fsp3) is 0.533. The number of rotatable bonds is 5. The molecule has 6 heteroatoms. The quantitative estimate of drug-likeness (QED) is 0.812. The lowest BCUT2D eigenvalue weighted by Gasteiger charge is -2.24. The van der Waals surface area contributed by atoms with E-state index in [2.05, 4.69) is 33.9 Å². The molecule has 1 aromatic rings. The lowest BCUT2D eigenvalue weighted by Crippen LogP contribution is -2.20. The molecule has 0 fully saturated rings. The van der Waals surface area contributed by atoms with E-state index in [0.717, 1.165) is 16.9 Å². The predicted octanol–water partition coefficient (Wildman–Crippen LogP) is 3.24. The molecule has 21 heavy (non-hydrogen) atoms. The van der Waals surface area contributed by atoms with Crippen LogP contribution in [0.2, 0.25) is 13.1 Å². The molecule has 0 saturated heterocycles. The summed E-state index contributed by atoms with van der Waals surface area (Å²) < 4.78 is 5.95. The van der Waals surface area contributed by atoms with Gasteiger partial charge in [-0.05, 0) is 30.1 Å². The van der Waals surface area contributed by atoms with Gasteiger partial charge in [0.25, 0.3) is 0 Å². The first kappa shape index (κ1) is 20.0. The van der Waals surface area contributed by atoms with Crippen LogP contribution in [0.1, 0.15) is 44.4 Å². The van der Waals surface area contributed by atoms with E-state index in [1.807, 2.05) is 18.2 Å². The summed E-state index contributed by atoms with van der Waals surface area (Å²) in [5.41, 5.74) is 7.95. The van der Waals surface area contributed by atoms with Crippen LogP contribution in [0.5, 0.6) is 5.75 Å². The first-order valence-electron chi connectivity index (χ1n) is 6.89. The summed E-state index contributed by atoms with van der Waals surface area (Å²) in [4.78, 5) is 10.8. The molecule has 0 saturated carbocycles. The maximum Gasteiger partial charge on any atom is 0.305 e. The van der Waals surface area contributed by atoms with Gasteiger partial charge in [0, 0.05) is 11.6 Å². The number of carbonyl (C=O) groups is 1. The lowest BCUT2D eigenvalue weighted by molar-refractivity contribution is -0.137. The summed E-state index contributed by atoms with van der Waals surface area (Å²) in [6, 6.07) is 5.38. The zero-order chi connectivity index (χ0) is 15.5. The molecule has 0 bridgehead atoms. The Labute approximate surface area is 134 Å². The molecule has 0 aromatic heterocycles. The summed E-state index contributed by atoms with van der Waals surface area (Å²) in [5.74, 6) is -0.155. The monoisotopic (exact) mass is 331 g/mol. The second-order valence-electron chi connectivity index (χ2n) is 6.37. The van der Waals surface area contributed by atoms with Crippen molar-refractivity contribution < 1.29 is 14.3 Å². The molecule has 0 aliphatic heterocycles. The second-order valence-corrected chi connectivity index (χ2v) is 8.71. The van der Waals surface area contributed by atoms with Crippen molar-refractivity contribution in [1.29, 1.82) is 0 Å². The minimum Gasteiger partial charge on any atom is -0.547 e. The lowest BCUT2D eigenvalue weighted by atomic mass is 9.85. The average Bonchev–Trinajstić information content (AvgIpc) is 2.25. The number of aliphatic carboxylic acids is 1. The summed E-state index contributed by atoms with van der Waals surface area (Å²) in [6.45, 7) is 10.6. The standard InChI is InChI=1S/C15H25NO3Si.ClH/c1-15(2,3)10-6-7-11(12(16)9-14(17)18)13(8-10)19-20(4)5;/h6-8,12,20H,9,16H2,1-5H3,(H,17,18);1H. The largest absolute Gasteiger partial charge is 0.547 e. The smallest absolute Gasteiger partial charge is 0.305 e. The highest BCUT2D eigenvalue weighted by atomic mass is 35.5. The van der Waals surface area contributed by atoms with Gasteiger partial charge >= 0.3 is 5.97 Å². The first-order valence-corrected chi connectivity index (χ1v) is 9.67. The van der Waals surface area contributed by atoms with Crippen molar-refractivity contribution in [2.24, 2.45) is 5.73 Å². The Hall–Kier alpha value is -1.04. The molecule has 120 valence electrons. The number of benzene rings is 1. The fourth-order valence-electron chi connectivity index (χ4n) is 1.96. The minimum absolute atomic E-state index is 0. The molecule has 0 heterocycles. The Balaban J connectivity index is 0.00000400. The molecule has 0 radical (unpaired) electrons. The van der Waals surface area contributed by atoms with Crippen LogP contribution in [0.15, 0.2) is 18.2 Å². The Bertz CT molecular complexity index is 486. The van der Waals surface area contributed by atoms with Gasteiger partial charge in [0.05, 0.1) is 6.42 Å². The number of hydrogen-bond donors (Lipinski definition) is 2. The topological polar surface area (TPSA) is 72.5 Å². The molecule has 1 unspecified atom stereocenters. The molecule has 1 aromatic carbocycles. The normalized spacial score (nSPS) is 12.7. The summed E-state index contributed by atoms with van der Waals surface area (Å²) in [5, 5.41) is 8.89. The third kappa shape index (κ3) is 6.07. The third-order valence-electron chi connectivity index (χ3n) is 3.04. The maximum atomic E-state index is 10.8. The number of carboxylic acid groups (broad SMARTS) is 1. The number of halogens is 1. The van der Waals surface area contributed by atoms with Crippen molar-refractivity contribution >= 4 is 27.4 Å². The number of carboxylic acids is 1. The SMILES string of the molecule is C[SiH](C)Oc1cc(C(C)(C)C)ccc1C(N)CC(=O)O.Cl. The Morgan fingerprint density at radius 2 is 1.95 bits per heavy atom.